The molecule has 1 heterocycles. The first-order valence-electron chi connectivity index (χ1n) is 10.1. The van der Waals surface area contributed by atoms with Gasteiger partial charge in [0.2, 0.25) is 16.5 Å². The summed E-state index contributed by atoms with van der Waals surface area (Å²) in [6.07, 6.45) is 0. The molecule has 17 nitrogen and oxygen atoms in total. The summed E-state index contributed by atoms with van der Waals surface area (Å²) in [6.45, 7) is 0. The molecule has 0 aliphatic carbocycles. The van der Waals surface area contributed by atoms with E-state index in [1.165, 1.54) is 0 Å². The number of benzene rings is 3. The molecule has 0 fully saturated rings. The van der Waals surface area contributed by atoms with Crippen molar-refractivity contribution in [1.82, 2.24) is 15.0 Å². The zero-order valence-corrected chi connectivity index (χ0v) is 33.4. The van der Waals surface area contributed by atoms with Crippen LogP contribution in [0.4, 0.5) is 23.0 Å². The molecule has 26 heteroatoms. The molecule has 4 rings (SSSR count). The molecule has 0 atom stereocenters. The average molecular weight is 795 g/mol. The number of nitrogens with one attached hydrogen (secondary N) is 1. The summed E-state index contributed by atoms with van der Waals surface area (Å²) in [5.74, 6) is -2.89. The third-order valence-corrected chi connectivity index (χ3v) is 7.95. The van der Waals surface area contributed by atoms with E-state index in [0.29, 0.717) is 24.3 Å². The predicted molar refractivity (Wildman–Crippen MR) is 130 cm³/mol. The molecular weight excluding hydrogens is 788 g/mol. The summed E-state index contributed by atoms with van der Waals surface area (Å²) < 4.78 is 107. The minimum Gasteiger partial charge on any atom is -0.871 e. The average Bonchev–Trinajstić information content (AvgIpc) is 2.81. The Morgan fingerprint density at radius 2 is 1.29 bits per heavy atom. The molecule has 1 N–H and O–H groups in total. The van der Waals surface area contributed by atoms with Crippen molar-refractivity contribution in [3.05, 3.63) is 47.0 Å². The van der Waals surface area contributed by atoms with E-state index in [1.54, 1.807) is 0 Å². The fraction of sp³-hybridized carbons (Fsp3) is 0. The normalized spacial score (nSPS) is 11.6. The largest absolute Gasteiger partial charge is 2.00 e. The summed E-state index contributed by atoms with van der Waals surface area (Å²) in [7, 11) is -16.3. The van der Waals surface area contributed by atoms with Crippen LogP contribution in [-0.2, 0) is 47.4 Å². The van der Waals surface area contributed by atoms with Crippen LogP contribution in [-0.4, -0.2) is 53.9 Å². The number of anilines is 2. The Morgan fingerprint density at radius 1 is 0.711 bits per heavy atom. The number of aromatic nitrogens is 3. The third kappa shape index (κ3) is 10.6. The Bertz CT molecular complexity index is 2110. The first-order valence-corrected chi connectivity index (χ1v) is 15.1. The number of azo groups is 1. The monoisotopic (exact) mass is 793 g/mol. The predicted octanol–water partition coefficient (Wildman–Crippen LogP) is -7.64. The second-order valence-electron chi connectivity index (χ2n) is 7.60. The molecule has 0 saturated heterocycles. The van der Waals surface area contributed by atoms with E-state index in [2.05, 4.69) is 30.5 Å². The molecule has 45 heavy (non-hydrogen) atoms. The van der Waals surface area contributed by atoms with Gasteiger partial charge in [0.15, 0.2) is 0 Å². The van der Waals surface area contributed by atoms with E-state index in [9.17, 15) is 49.1 Å². The van der Waals surface area contributed by atoms with E-state index in [4.69, 9.17) is 23.2 Å². The van der Waals surface area contributed by atoms with Gasteiger partial charge in [0.25, 0.3) is 0 Å². The molecule has 225 valence electrons. The zero-order valence-electron chi connectivity index (χ0n) is 22.5. The fourth-order valence-electron chi connectivity index (χ4n) is 3.37. The van der Waals surface area contributed by atoms with E-state index >= 15 is 0 Å². The van der Waals surface area contributed by atoms with Crippen molar-refractivity contribution in [2.75, 3.05) is 5.32 Å². The van der Waals surface area contributed by atoms with Gasteiger partial charge in [-0.05, 0) is 52.9 Å². The van der Waals surface area contributed by atoms with Crippen molar-refractivity contribution < 1.29 is 155 Å². The van der Waals surface area contributed by atoms with Crippen LogP contribution in [0, 0.1) is 0 Å². The number of hydrogen-bond donors (Lipinski definition) is 1. The molecule has 0 aliphatic rings. The smallest absolute Gasteiger partial charge is 0.871 e. The van der Waals surface area contributed by atoms with Gasteiger partial charge in [0.1, 0.15) is 30.4 Å². The molecule has 1 aromatic heterocycles. The summed E-state index contributed by atoms with van der Waals surface area (Å²) in [4.78, 5) is 7.19. The molecule has 4 aromatic rings. The van der Waals surface area contributed by atoms with Gasteiger partial charge in [-0.1, -0.05) is 23.6 Å². The van der Waals surface area contributed by atoms with Crippen LogP contribution in [0.15, 0.2) is 61.3 Å². The minimum atomic E-state index is -5.65. The van der Waals surface area contributed by atoms with Crippen molar-refractivity contribution in [3.8, 4) is 11.5 Å². The van der Waals surface area contributed by atoms with Gasteiger partial charge < -0.3 is 29.2 Å². The molecule has 0 unspecified atom stereocenters. The molecule has 0 amide bonds. The molecular formula is C19H7Cl2CuN6Na3O11S3. The molecule has 0 saturated carbocycles. The van der Waals surface area contributed by atoms with Crippen LogP contribution >= 0.6 is 23.2 Å². The van der Waals surface area contributed by atoms with Crippen molar-refractivity contribution in [3.63, 3.8) is 0 Å². The van der Waals surface area contributed by atoms with Gasteiger partial charge in [-0.15, -0.1) is 5.11 Å². The number of halogens is 2. The van der Waals surface area contributed by atoms with Crippen LogP contribution < -0.4 is 104 Å². The van der Waals surface area contributed by atoms with Crippen LogP contribution in [0.2, 0.25) is 10.6 Å². The summed E-state index contributed by atoms with van der Waals surface area (Å²) in [5, 5.41) is 31.8. The number of hydrogen-bond acceptors (Lipinski definition) is 17. The molecule has 1 radical (unpaired) electrons. The third-order valence-electron chi connectivity index (χ3n) is 4.99. The first-order chi connectivity index (χ1) is 18.9. The maximum atomic E-state index is 13.2. The van der Waals surface area contributed by atoms with Gasteiger partial charge >= 0.3 is 106 Å². The standard InChI is InChI=1S/C19H12Cl2N6O11S3.Cu.3Na/c20-17-23-18(21)25-19(24-17)22-10-3-2-8-9(16(10)41(36,37)38)6-13(40(33,34)35)14(15(8)29)27-26-11-5-7(39(30,31)32)1-4-12(11)28;;;;/h1-6,28-29H,(H,30,31,32)(H,33,34,35)(H,36,37,38)(H,22,23,24,25);;;;/q;+2;3*+1/p-5. The number of nitrogens with zero attached hydrogens (tertiary/aromatic N) is 5. The van der Waals surface area contributed by atoms with Gasteiger partial charge in [-0.2, -0.15) is 20.1 Å². The van der Waals surface area contributed by atoms with Crippen molar-refractivity contribution in [2.24, 2.45) is 10.2 Å². The Balaban J connectivity index is 0.00000484. The SMILES string of the molecule is O=S(=O)([O-])c1ccc([O-])c(N=Nc2c(S(=O)(=O)[O-])cc3c(S(=O)(=O)[O-])c(Nc4nc(Cl)nc(Cl)n4)ccc3c2[O-])c1.[Cu+2].[Na+].[Na+].[Na+]. The van der Waals surface area contributed by atoms with E-state index in [0.717, 1.165) is 12.1 Å². The summed E-state index contributed by atoms with van der Waals surface area (Å²) in [6, 6.07) is 3.98. The maximum Gasteiger partial charge on any atom is 2.00 e. The molecule has 0 bridgehead atoms. The van der Waals surface area contributed by atoms with Crippen LogP contribution in [0.5, 0.6) is 11.5 Å². The maximum absolute atomic E-state index is 13.2. The van der Waals surface area contributed by atoms with Crippen LogP contribution in [0.1, 0.15) is 0 Å². The van der Waals surface area contributed by atoms with Gasteiger partial charge in [0, 0.05) is 5.39 Å². The van der Waals surface area contributed by atoms with Gasteiger partial charge in [0.05, 0.1) is 31.7 Å². The van der Waals surface area contributed by atoms with Crippen LogP contribution in [0.25, 0.3) is 10.8 Å². The Kier molecular flexibility index (Phi) is 16.8. The van der Waals surface area contributed by atoms with E-state index < -0.39 is 101 Å². The van der Waals surface area contributed by atoms with Crippen molar-refractivity contribution in [2.45, 2.75) is 14.7 Å². The number of rotatable bonds is 7. The zero-order chi connectivity index (χ0) is 30.5. The minimum absolute atomic E-state index is 0. The second-order valence-corrected chi connectivity index (χ2v) is 12.3. The summed E-state index contributed by atoms with van der Waals surface area (Å²) in [5.41, 5.74) is -2.62. The van der Waals surface area contributed by atoms with Crippen molar-refractivity contribution >= 4 is 87.3 Å². The van der Waals surface area contributed by atoms with Crippen molar-refractivity contribution in [1.29, 1.82) is 0 Å². The van der Waals surface area contributed by atoms with Gasteiger partial charge in [-0.3, -0.25) is 0 Å². The molecule has 3 aromatic carbocycles. The quantitative estimate of drug-likeness (QED) is 0.103. The molecule has 0 spiro atoms. The Morgan fingerprint density at radius 3 is 1.80 bits per heavy atom. The Labute approximate surface area is 341 Å². The molecule has 0 aliphatic heterocycles. The summed E-state index contributed by atoms with van der Waals surface area (Å²) >= 11 is 11.3. The number of fused-ring (bicyclic) bond motifs is 1. The topological polar surface area (TPSA) is 293 Å². The Hall–Kier alpha value is -0.241. The second kappa shape index (κ2) is 16.9. The first kappa shape index (κ1) is 44.8. The van der Waals surface area contributed by atoms with Gasteiger partial charge in [-0.25, -0.2) is 25.3 Å². The van der Waals surface area contributed by atoms with E-state index in [-0.39, 0.29) is 106 Å². The van der Waals surface area contributed by atoms with Crippen LogP contribution in [0.3, 0.4) is 0 Å². The van der Waals surface area contributed by atoms with E-state index in [1.807, 2.05) is 0 Å². The fourth-order valence-corrected chi connectivity index (χ4v) is 5.68.